The fourth-order valence-electron chi connectivity index (χ4n) is 3.14. The molecule has 2 unspecified atom stereocenters. The van der Waals surface area contributed by atoms with Gasteiger partial charge in [-0.05, 0) is 29.9 Å². The molecule has 1 aromatic heterocycles. The largest absolute Gasteiger partial charge is 0.395 e. The van der Waals surface area contributed by atoms with Crippen molar-refractivity contribution in [2.45, 2.75) is 38.0 Å². The zero-order valence-electron chi connectivity index (χ0n) is 10.8. The maximum absolute atomic E-state index is 5.98. The molecule has 0 saturated heterocycles. The van der Waals surface area contributed by atoms with Crippen LogP contribution in [-0.2, 0) is 11.8 Å². The van der Waals surface area contributed by atoms with Crippen molar-refractivity contribution in [3.63, 3.8) is 0 Å². The fraction of sp³-hybridized carbons (Fsp3) is 0.400. The van der Waals surface area contributed by atoms with Gasteiger partial charge in [0.25, 0.3) is 0 Å². The van der Waals surface area contributed by atoms with Gasteiger partial charge in [0.2, 0.25) is 0 Å². The third-order valence-corrected chi connectivity index (χ3v) is 4.53. The third kappa shape index (κ3) is 1.47. The van der Waals surface area contributed by atoms with Gasteiger partial charge in [-0.2, -0.15) is 0 Å². The van der Waals surface area contributed by atoms with Crippen molar-refractivity contribution in [2.24, 2.45) is 0 Å². The van der Waals surface area contributed by atoms with E-state index in [-0.39, 0.29) is 5.41 Å². The lowest BCUT2D eigenvalue weighted by Crippen LogP contribution is -2.34. The minimum Gasteiger partial charge on any atom is -0.395 e. The fourth-order valence-corrected chi connectivity index (χ4v) is 3.14. The Labute approximate surface area is 107 Å². The molecular formula is C15H18N2O. The number of hydrogen-bond acceptors (Lipinski definition) is 3. The second-order valence-electron chi connectivity index (χ2n) is 5.46. The topological polar surface area (TPSA) is 52.0 Å². The minimum atomic E-state index is -0.0363. The van der Waals surface area contributed by atoms with Crippen LogP contribution in [0.4, 0.5) is 5.69 Å². The van der Waals surface area contributed by atoms with Crippen LogP contribution in [0, 0.1) is 0 Å². The Kier molecular flexibility index (Phi) is 2.44. The number of fused-ring (bicyclic) bond motifs is 1. The zero-order valence-corrected chi connectivity index (χ0v) is 10.8. The van der Waals surface area contributed by atoms with E-state index in [1.54, 1.807) is 0 Å². The lowest BCUT2D eigenvalue weighted by molar-refractivity contribution is 0.310. The third-order valence-electron chi connectivity index (χ3n) is 4.53. The normalized spacial score (nSPS) is 26.9. The number of anilines is 1. The summed E-state index contributed by atoms with van der Waals surface area (Å²) < 4.78 is 5.03. The van der Waals surface area contributed by atoms with Gasteiger partial charge in [0.1, 0.15) is 12.0 Å². The van der Waals surface area contributed by atoms with Gasteiger partial charge in [0.15, 0.2) is 0 Å². The molecule has 94 valence electrons. The highest BCUT2D eigenvalue weighted by Crippen LogP contribution is 2.47. The predicted octanol–water partition coefficient (Wildman–Crippen LogP) is 3.26. The van der Waals surface area contributed by atoms with Gasteiger partial charge < -0.3 is 10.3 Å². The number of benzene rings is 1. The molecule has 0 spiro atoms. The molecule has 2 atom stereocenters. The first kappa shape index (κ1) is 11.3. The Balaban J connectivity index is 2.09. The van der Waals surface area contributed by atoms with Crippen molar-refractivity contribution < 1.29 is 4.52 Å². The van der Waals surface area contributed by atoms with Gasteiger partial charge in [-0.3, -0.25) is 0 Å². The number of nitrogens with zero attached hydrogens (tertiary/aromatic N) is 1. The summed E-state index contributed by atoms with van der Waals surface area (Å²) in [5, 5.41) is 4.13. The van der Waals surface area contributed by atoms with Crippen molar-refractivity contribution in [1.29, 1.82) is 0 Å². The van der Waals surface area contributed by atoms with Gasteiger partial charge in [0.05, 0.1) is 5.69 Å². The zero-order chi connectivity index (χ0) is 12.8. The molecule has 1 aliphatic carbocycles. The van der Waals surface area contributed by atoms with Crippen LogP contribution in [0.5, 0.6) is 0 Å². The summed E-state index contributed by atoms with van der Waals surface area (Å²) >= 11 is 0. The molecule has 2 N–H and O–H groups in total. The van der Waals surface area contributed by atoms with E-state index in [1.165, 1.54) is 17.4 Å². The number of aryl methyl sites for hydroxylation is 1. The van der Waals surface area contributed by atoms with Gasteiger partial charge in [-0.15, -0.1) is 0 Å². The Morgan fingerprint density at radius 2 is 2.17 bits per heavy atom. The number of nitrogens with two attached hydrogens (primary N) is 1. The molecule has 1 aromatic carbocycles. The van der Waals surface area contributed by atoms with Crippen LogP contribution < -0.4 is 5.73 Å². The summed E-state index contributed by atoms with van der Waals surface area (Å²) in [4.78, 5) is 0. The molecule has 3 nitrogen and oxygen atoms in total. The summed E-state index contributed by atoms with van der Waals surface area (Å²) in [6.45, 7) is 4.49. The minimum absolute atomic E-state index is 0.0363. The molecule has 0 bridgehead atoms. The highest BCUT2D eigenvalue weighted by molar-refractivity contribution is 5.48. The van der Waals surface area contributed by atoms with Crippen molar-refractivity contribution in [2.75, 3.05) is 5.73 Å². The molecule has 2 aromatic rings. The first-order valence-corrected chi connectivity index (χ1v) is 6.41. The summed E-state index contributed by atoms with van der Waals surface area (Å²) in [6.07, 6.45) is 3.67. The van der Waals surface area contributed by atoms with Crippen LogP contribution in [0.15, 0.2) is 35.1 Å². The maximum Gasteiger partial charge on any atom is 0.147 e. The number of nitrogen functional groups attached to an aromatic ring is 1. The molecule has 3 heteroatoms. The second-order valence-corrected chi connectivity index (χ2v) is 5.46. The first-order chi connectivity index (χ1) is 8.63. The van der Waals surface area contributed by atoms with Gasteiger partial charge in [-0.25, -0.2) is 0 Å². The van der Waals surface area contributed by atoms with Crippen molar-refractivity contribution >= 4 is 5.69 Å². The number of aromatic nitrogens is 1. The van der Waals surface area contributed by atoms with Crippen LogP contribution in [0.1, 0.15) is 43.0 Å². The monoisotopic (exact) mass is 242 g/mol. The molecular weight excluding hydrogens is 224 g/mol. The van der Waals surface area contributed by atoms with E-state index < -0.39 is 0 Å². The summed E-state index contributed by atoms with van der Waals surface area (Å²) in [5.74, 6) is 0.398. The Morgan fingerprint density at radius 3 is 2.89 bits per heavy atom. The summed E-state index contributed by atoms with van der Waals surface area (Å²) in [5.41, 5.74) is 10.4. The van der Waals surface area contributed by atoms with Crippen LogP contribution in [0.3, 0.4) is 0 Å². The van der Waals surface area contributed by atoms with Crippen LogP contribution in [0.25, 0.3) is 0 Å². The quantitative estimate of drug-likeness (QED) is 0.835. The molecule has 1 aliphatic rings. The standard InChI is InChI=1S/C15H18N2O/c1-10-12-6-4-3-5-11(12)7-8-15(10,2)14-13(16)9-18-17-14/h3-6,9-10H,7-8,16H2,1-2H3. The van der Waals surface area contributed by atoms with E-state index in [4.69, 9.17) is 10.3 Å². The maximum atomic E-state index is 5.98. The van der Waals surface area contributed by atoms with E-state index in [9.17, 15) is 0 Å². The van der Waals surface area contributed by atoms with Gasteiger partial charge >= 0.3 is 0 Å². The number of hydrogen-bond donors (Lipinski definition) is 1. The van der Waals surface area contributed by atoms with E-state index >= 15 is 0 Å². The van der Waals surface area contributed by atoms with Crippen LogP contribution in [-0.4, -0.2) is 5.16 Å². The van der Waals surface area contributed by atoms with Gasteiger partial charge in [-0.1, -0.05) is 43.3 Å². The van der Waals surface area contributed by atoms with Gasteiger partial charge in [0, 0.05) is 5.41 Å². The molecule has 0 saturated carbocycles. The molecule has 18 heavy (non-hydrogen) atoms. The summed E-state index contributed by atoms with van der Waals surface area (Å²) in [6, 6.07) is 8.65. The Hall–Kier alpha value is -1.77. The van der Waals surface area contributed by atoms with Crippen molar-refractivity contribution in [3.8, 4) is 0 Å². The highest BCUT2D eigenvalue weighted by atomic mass is 16.5. The van der Waals surface area contributed by atoms with E-state index in [0.717, 1.165) is 18.5 Å². The highest BCUT2D eigenvalue weighted by Gasteiger charge is 2.41. The second kappa shape index (κ2) is 3.87. The smallest absolute Gasteiger partial charge is 0.147 e. The first-order valence-electron chi connectivity index (χ1n) is 6.41. The van der Waals surface area contributed by atoms with E-state index in [0.29, 0.717) is 11.6 Å². The molecule has 0 fully saturated rings. The van der Waals surface area contributed by atoms with Crippen LogP contribution in [0.2, 0.25) is 0 Å². The van der Waals surface area contributed by atoms with Crippen molar-refractivity contribution in [3.05, 3.63) is 47.3 Å². The molecule has 0 aliphatic heterocycles. The average molecular weight is 242 g/mol. The Bertz CT molecular complexity index is 575. The lowest BCUT2D eigenvalue weighted by Gasteiger charge is -2.39. The molecule has 0 radical (unpaired) electrons. The SMILES string of the molecule is CC1c2ccccc2CCC1(C)c1nocc1N. The Morgan fingerprint density at radius 1 is 1.39 bits per heavy atom. The predicted molar refractivity (Wildman–Crippen MR) is 71.4 cm³/mol. The molecule has 3 rings (SSSR count). The average Bonchev–Trinajstić information content (AvgIpc) is 2.81. The van der Waals surface area contributed by atoms with E-state index in [1.807, 2.05) is 0 Å². The van der Waals surface area contributed by atoms with Crippen LogP contribution >= 0.6 is 0 Å². The lowest BCUT2D eigenvalue weighted by atomic mass is 9.64. The molecule has 1 heterocycles. The summed E-state index contributed by atoms with van der Waals surface area (Å²) in [7, 11) is 0. The number of rotatable bonds is 1. The van der Waals surface area contributed by atoms with E-state index in [2.05, 4.69) is 43.3 Å². The molecule has 0 amide bonds. The van der Waals surface area contributed by atoms with Crippen molar-refractivity contribution in [1.82, 2.24) is 5.16 Å².